The van der Waals surface area contributed by atoms with Crippen LogP contribution in [-0.2, 0) is 24.3 Å². The quantitative estimate of drug-likeness (QED) is 0.885. The molecule has 0 aliphatic carbocycles. The van der Waals surface area contributed by atoms with Crippen molar-refractivity contribution in [1.82, 2.24) is 19.9 Å². The Hall–Kier alpha value is -2.90. The average Bonchev–Trinajstić information content (AvgIpc) is 3.02. The van der Waals surface area contributed by atoms with Crippen molar-refractivity contribution in [2.45, 2.75) is 19.5 Å². The fourth-order valence-electron chi connectivity index (χ4n) is 2.59. The van der Waals surface area contributed by atoms with Crippen molar-refractivity contribution in [3.8, 4) is 5.75 Å². The molecule has 120 valence electrons. The number of carbonyl (C=O) groups is 2. The summed E-state index contributed by atoms with van der Waals surface area (Å²) in [4.78, 5) is 24.9. The molecular formula is C15H16N4O4. The van der Waals surface area contributed by atoms with Crippen LogP contribution < -0.4 is 4.74 Å². The first-order valence-corrected chi connectivity index (χ1v) is 7.14. The molecule has 0 radical (unpaired) electrons. The summed E-state index contributed by atoms with van der Waals surface area (Å²) in [7, 11) is 1.61. The molecule has 2 aromatic rings. The first-order valence-electron chi connectivity index (χ1n) is 7.14. The number of rotatable bonds is 4. The Morgan fingerprint density at radius 1 is 1.35 bits per heavy atom. The Bertz CT molecular complexity index is 756. The molecule has 0 saturated carbocycles. The van der Waals surface area contributed by atoms with Crippen molar-refractivity contribution in [3.63, 3.8) is 0 Å². The number of benzene rings is 1. The van der Waals surface area contributed by atoms with Gasteiger partial charge >= 0.3 is 5.97 Å². The van der Waals surface area contributed by atoms with E-state index in [9.17, 15) is 9.59 Å². The molecule has 1 aliphatic heterocycles. The first kappa shape index (κ1) is 15.0. The van der Waals surface area contributed by atoms with Crippen molar-refractivity contribution in [1.29, 1.82) is 0 Å². The minimum absolute atomic E-state index is 0.0282. The summed E-state index contributed by atoms with van der Waals surface area (Å²) in [6.07, 6.45) is 2.03. The van der Waals surface area contributed by atoms with Gasteiger partial charge in [-0.2, -0.15) is 0 Å². The van der Waals surface area contributed by atoms with E-state index < -0.39 is 5.97 Å². The van der Waals surface area contributed by atoms with Crippen LogP contribution in [0.1, 0.15) is 21.6 Å². The third-order valence-corrected chi connectivity index (χ3v) is 3.83. The zero-order valence-corrected chi connectivity index (χ0v) is 12.6. The number of nitrogens with zero attached hydrogens (tertiary/aromatic N) is 4. The van der Waals surface area contributed by atoms with Gasteiger partial charge < -0.3 is 14.7 Å². The average molecular weight is 316 g/mol. The predicted octanol–water partition coefficient (Wildman–Crippen LogP) is 0.570. The molecule has 0 spiro atoms. The molecule has 2 heterocycles. The van der Waals surface area contributed by atoms with Gasteiger partial charge in [0, 0.05) is 13.1 Å². The first-order chi connectivity index (χ1) is 11.1. The van der Waals surface area contributed by atoms with E-state index in [0.29, 0.717) is 13.1 Å². The van der Waals surface area contributed by atoms with Gasteiger partial charge in [-0.05, 0) is 29.7 Å². The molecule has 0 bridgehead atoms. The number of hydrogen-bond acceptors (Lipinski definition) is 5. The van der Waals surface area contributed by atoms with E-state index in [1.54, 1.807) is 12.0 Å². The second-order valence-corrected chi connectivity index (χ2v) is 5.31. The van der Waals surface area contributed by atoms with E-state index in [1.807, 2.05) is 18.2 Å². The summed E-state index contributed by atoms with van der Waals surface area (Å²) in [5.41, 5.74) is 2.10. The lowest BCUT2D eigenvalue weighted by Gasteiger charge is -2.29. The summed E-state index contributed by atoms with van der Waals surface area (Å²) in [6, 6.07) is 5.87. The number of aromatic carboxylic acids is 1. The summed E-state index contributed by atoms with van der Waals surface area (Å²) < 4.78 is 6.46. The summed E-state index contributed by atoms with van der Waals surface area (Å²) in [5.74, 6) is -0.525. The zero-order chi connectivity index (χ0) is 16.4. The molecule has 8 heteroatoms. The van der Waals surface area contributed by atoms with Crippen LogP contribution in [-0.4, -0.2) is 50.5 Å². The molecule has 23 heavy (non-hydrogen) atoms. The monoisotopic (exact) mass is 316 g/mol. The van der Waals surface area contributed by atoms with E-state index in [2.05, 4.69) is 10.3 Å². The van der Waals surface area contributed by atoms with Gasteiger partial charge in [0.2, 0.25) is 5.91 Å². The van der Waals surface area contributed by atoms with Crippen LogP contribution >= 0.6 is 0 Å². The van der Waals surface area contributed by atoms with Crippen molar-refractivity contribution < 1.29 is 19.4 Å². The number of aromatic nitrogens is 3. The number of ether oxygens (including phenoxy) is 1. The van der Waals surface area contributed by atoms with Gasteiger partial charge in [0.15, 0.2) is 5.69 Å². The number of carbonyl (C=O) groups excluding carboxylic acids is 1. The number of fused-ring (bicyclic) bond motifs is 1. The van der Waals surface area contributed by atoms with Crippen molar-refractivity contribution in [2.24, 2.45) is 0 Å². The zero-order valence-electron chi connectivity index (χ0n) is 12.6. The van der Waals surface area contributed by atoms with Gasteiger partial charge in [-0.1, -0.05) is 11.3 Å². The van der Waals surface area contributed by atoms with Gasteiger partial charge in [-0.3, -0.25) is 4.79 Å². The Balaban J connectivity index is 1.69. The SMILES string of the molecule is COc1ccc2c(c1)CN(C(=O)Cn1cc(C(=O)O)nn1)CC2. The Labute approximate surface area is 132 Å². The van der Waals surface area contributed by atoms with E-state index in [-0.39, 0.29) is 18.1 Å². The van der Waals surface area contributed by atoms with Crippen LogP contribution in [0, 0.1) is 0 Å². The van der Waals surface area contributed by atoms with E-state index in [4.69, 9.17) is 9.84 Å². The molecule has 0 saturated heterocycles. The molecule has 0 atom stereocenters. The number of hydrogen-bond donors (Lipinski definition) is 1. The number of carboxylic acids is 1. The van der Waals surface area contributed by atoms with E-state index >= 15 is 0 Å². The third kappa shape index (κ3) is 3.15. The van der Waals surface area contributed by atoms with Crippen LogP contribution in [0.3, 0.4) is 0 Å². The minimum atomic E-state index is -1.16. The minimum Gasteiger partial charge on any atom is -0.497 e. The summed E-state index contributed by atoms with van der Waals surface area (Å²) in [5, 5.41) is 16.0. The number of carboxylic acid groups (broad SMARTS) is 1. The normalized spacial score (nSPS) is 13.5. The van der Waals surface area contributed by atoms with Crippen molar-refractivity contribution in [2.75, 3.05) is 13.7 Å². The third-order valence-electron chi connectivity index (χ3n) is 3.83. The van der Waals surface area contributed by atoms with Gasteiger partial charge in [0.1, 0.15) is 12.3 Å². The lowest BCUT2D eigenvalue weighted by atomic mass is 9.99. The smallest absolute Gasteiger partial charge is 0.358 e. The molecule has 0 unspecified atom stereocenters. The lowest BCUT2D eigenvalue weighted by molar-refractivity contribution is -0.133. The largest absolute Gasteiger partial charge is 0.497 e. The Morgan fingerprint density at radius 3 is 2.87 bits per heavy atom. The highest BCUT2D eigenvalue weighted by Crippen LogP contribution is 2.23. The van der Waals surface area contributed by atoms with Gasteiger partial charge in [0.25, 0.3) is 0 Å². The second-order valence-electron chi connectivity index (χ2n) is 5.31. The maximum Gasteiger partial charge on any atom is 0.358 e. The highest BCUT2D eigenvalue weighted by atomic mass is 16.5. The molecule has 1 aliphatic rings. The lowest BCUT2D eigenvalue weighted by Crippen LogP contribution is -2.38. The molecule has 3 rings (SSSR count). The maximum absolute atomic E-state index is 12.4. The highest BCUT2D eigenvalue weighted by Gasteiger charge is 2.22. The van der Waals surface area contributed by atoms with Crippen LogP contribution in [0.15, 0.2) is 24.4 Å². The van der Waals surface area contributed by atoms with Crippen molar-refractivity contribution in [3.05, 3.63) is 41.2 Å². The summed E-state index contributed by atoms with van der Waals surface area (Å²) in [6.45, 7) is 1.10. The Morgan fingerprint density at radius 2 is 2.17 bits per heavy atom. The molecule has 8 nitrogen and oxygen atoms in total. The van der Waals surface area contributed by atoms with E-state index in [0.717, 1.165) is 17.7 Å². The standard InChI is InChI=1S/C15H16N4O4/c1-23-12-3-2-10-4-5-18(7-11(10)6-12)14(20)9-19-8-13(15(21)22)16-17-19/h2-3,6,8H,4-5,7,9H2,1H3,(H,21,22). The van der Waals surface area contributed by atoms with Crippen LogP contribution in [0.4, 0.5) is 0 Å². The van der Waals surface area contributed by atoms with Crippen molar-refractivity contribution >= 4 is 11.9 Å². The maximum atomic E-state index is 12.4. The topological polar surface area (TPSA) is 97.5 Å². The van der Waals surface area contributed by atoms with Crippen LogP contribution in [0.5, 0.6) is 5.75 Å². The predicted molar refractivity (Wildman–Crippen MR) is 79.1 cm³/mol. The molecule has 1 aromatic carbocycles. The molecule has 1 amide bonds. The molecular weight excluding hydrogens is 300 g/mol. The molecule has 1 aromatic heterocycles. The molecule has 1 N–H and O–H groups in total. The van der Waals surface area contributed by atoms with Crippen LogP contribution in [0.25, 0.3) is 0 Å². The van der Waals surface area contributed by atoms with Crippen LogP contribution in [0.2, 0.25) is 0 Å². The highest BCUT2D eigenvalue weighted by molar-refractivity contribution is 5.84. The van der Waals surface area contributed by atoms with Gasteiger partial charge in [-0.25, -0.2) is 9.48 Å². The number of methoxy groups -OCH3 is 1. The fourth-order valence-corrected chi connectivity index (χ4v) is 2.59. The summed E-state index contributed by atoms with van der Waals surface area (Å²) >= 11 is 0. The molecule has 0 fully saturated rings. The second kappa shape index (κ2) is 6.07. The van der Waals surface area contributed by atoms with E-state index in [1.165, 1.54) is 16.4 Å². The Kier molecular flexibility index (Phi) is 3.96. The van der Waals surface area contributed by atoms with Gasteiger partial charge in [0.05, 0.1) is 13.3 Å². The number of amides is 1. The van der Waals surface area contributed by atoms with Gasteiger partial charge in [-0.15, -0.1) is 5.10 Å². The fraction of sp³-hybridized carbons (Fsp3) is 0.333.